The molecule has 3 aromatic rings. The van der Waals surface area contributed by atoms with Gasteiger partial charge in [-0.2, -0.15) is 0 Å². The van der Waals surface area contributed by atoms with Gasteiger partial charge in [0.1, 0.15) is 11.5 Å². The van der Waals surface area contributed by atoms with Gasteiger partial charge in [0.15, 0.2) is 0 Å². The van der Waals surface area contributed by atoms with E-state index in [1.54, 1.807) is 12.1 Å². The molecule has 0 aliphatic carbocycles. The van der Waals surface area contributed by atoms with Crippen LogP contribution in [0.1, 0.15) is 35.2 Å². The van der Waals surface area contributed by atoms with Crippen molar-refractivity contribution >= 4 is 17.6 Å². The second-order valence-electron chi connectivity index (χ2n) is 9.23. The number of carboxylic acids is 1. The third kappa shape index (κ3) is 7.41. The zero-order valence-electron chi connectivity index (χ0n) is 20.6. The van der Waals surface area contributed by atoms with Gasteiger partial charge in [0.05, 0.1) is 5.56 Å². The van der Waals surface area contributed by atoms with E-state index >= 15 is 0 Å². The van der Waals surface area contributed by atoms with E-state index < -0.39 is 5.97 Å². The molecule has 0 radical (unpaired) electrons. The third-order valence-electron chi connectivity index (χ3n) is 6.60. The molecule has 1 amide bonds. The summed E-state index contributed by atoms with van der Waals surface area (Å²) in [6, 6.07) is 24.6. The second kappa shape index (κ2) is 12.3. The number of benzene rings is 3. The monoisotopic (exact) mass is 487 g/mol. The van der Waals surface area contributed by atoms with Crippen LogP contribution in [0, 0.1) is 0 Å². The van der Waals surface area contributed by atoms with Gasteiger partial charge in [0, 0.05) is 31.2 Å². The van der Waals surface area contributed by atoms with Crippen molar-refractivity contribution in [1.82, 2.24) is 9.80 Å². The van der Waals surface area contributed by atoms with E-state index in [1.807, 2.05) is 66.7 Å². The van der Waals surface area contributed by atoms with Gasteiger partial charge < -0.3 is 20.1 Å². The molecule has 188 valence electrons. The van der Waals surface area contributed by atoms with Crippen LogP contribution in [0.5, 0.6) is 11.5 Å². The first-order valence-corrected chi connectivity index (χ1v) is 12.3. The summed E-state index contributed by atoms with van der Waals surface area (Å²) >= 11 is 0. The Kier molecular flexibility index (Phi) is 8.71. The van der Waals surface area contributed by atoms with E-state index in [-0.39, 0.29) is 5.91 Å². The summed E-state index contributed by atoms with van der Waals surface area (Å²) in [5, 5.41) is 12.0. The smallest absolute Gasteiger partial charge is 0.335 e. The number of carbonyl (C=O) groups excluding carboxylic acids is 1. The molecule has 0 saturated carbocycles. The lowest BCUT2D eigenvalue weighted by Crippen LogP contribution is -2.43. The van der Waals surface area contributed by atoms with Gasteiger partial charge in [0.25, 0.3) is 0 Å². The number of para-hydroxylation sites is 1. The lowest BCUT2D eigenvalue weighted by Gasteiger charge is -2.36. The molecule has 0 atom stereocenters. The van der Waals surface area contributed by atoms with E-state index in [9.17, 15) is 9.59 Å². The van der Waals surface area contributed by atoms with E-state index in [0.29, 0.717) is 24.6 Å². The minimum Gasteiger partial charge on any atom is -0.478 e. The van der Waals surface area contributed by atoms with Crippen molar-refractivity contribution in [3.05, 3.63) is 90.0 Å². The Morgan fingerprint density at radius 1 is 0.944 bits per heavy atom. The summed E-state index contributed by atoms with van der Waals surface area (Å²) in [6.45, 7) is 3.51. The highest BCUT2D eigenvalue weighted by molar-refractivity contribution is 5.90. The number of ether oxygens (including phenoxy) is 1. The Morgan fingerprint density at radius 3 is 2.22 bits per heavy atom. The number of anilines is 1. The maximum Gasteiger partial charge on any atom is 0.335 e. The summed E-state index contributed by atoms with van der Waals surface area (Å²) in [7, 11) is 2.09. The first kappa shape index (κ1) is 25.4. The molecule has 7 heteroatoms. The lowest BCUT2D eigenvalue weighted by molar-refractivity contribution is -0.116. The lowest BCUT2D eigenvalue weighted by atomic mass is 10.0. The maximum absolute atomic E-state index is 12.5. The molecule has 1 fully saturated rings. The van der Waals surface area contributed by atoms with Crippen molar-refractivity contribution in [3.63, 3.8) is 0 Å². The van der Waals surface area contributed by atoms with Gasteiger partial charge in [-0.3, -0.25) is 9.69 Å². The molecular weight excluding hydrogens is 454 g/mol. The van der Waals surface area contributed by atoms with Crippen LogP contribution in [0.25, 0.3) is 0 Å². The van der Waals surface area contributed by atoms with Gasteiger partial charge in [-0.25, -0.2) is 4.79 Å². The highest BCUT2D eigenvalue weighted by Gasteiger charge is 2.23. The second-order valence-corrected chi connectivity index (χ2v) is 9.23. The standard InChI is InChI=1S/C29H33N3O4/c1-31(25-15-19-32(20-16-25)21-22-7-9-23(10-8-22)29(34)35)18-17-28(33)30-24-11-13-27(14-12-24)36-26-5-3-2-4-6-26/h2-14,25H,15-21H2,1H3,(H,30,33)(H,34,35). The van der Waals surface area contributed by atoms with Crippen molar-refractivity contribution in [2.75, 3.05) is 32.0 Å². The third-order valence-corrected chi connectivity index (χ3v) is 6.60. The minimum atomic E-state index is -0.898. The Labute approximate surface area is 212 Å². The fourth-order valence-corrected chi connectivity index (χ4v) is 4.44. The first-order valence-electron chi connectivity index (χ1n) is 12.3. The number of piperidine rings is 1. The van der Waals surface area contributed by atoms with Crippen molar-refractivity contribution in [1.29, 1.82) is 0 Å². The predicted octanol–water partition coefficient (Wildman–Crippen LogP) is 5.10. The van der Waals surface area contributed by atoms with Gasteiger partial charge in [-0.1, -0.05) is 30.3 Å². The molecule has 0 bridgehead atoms. The summed E-state index contributed by atoms with van der Waals surface area (Å²) in [5.41, 5.74) is 2.20. The molecule has 1 aliphatic heterocycles. The quantitative estimate of drug-likeness (QED) is 0.414. The number of nitrogens with zero attached hydrogens (tertiary/aromatic N) is 2. The highest BCUT2D eigenvalue weighted by Crippen LogP contribution is 2.23. The molecule has 0 unspecified atom stereocenters. The van der Waals surface area contributed by atoms with Crippen LogP contribution in [-0.4, -0.2) is 59.5 Å². The highest BCUT2D eigenvalue weighted by atomic mass is 16.5. The summed E-state index contributed by atoms with van der Waals surface area (Å²) in [4.78, 5) is 28.2. The zero-order chi connectivity index (χ0) is 25.3. The fraction of sp³-hybridized carbons (Fsp3) is 0.310. The van der Waals surface area contributed by atoms with Gasteiger partial charge >= 0.3 is 5.97 Å². The number of carboxylic acid groups (broad SMARTS) is 1. The largest absolute Gasteiger partial charge is 0.478 e. The normalized spacial score (nSPS) is 14.5. The SMILES string of the molecule is CN(CCC(=O)Nc1ccc(Oc2ccccc2)cc1)C1CCN(Cc2ccc(C(=O)O)cc2)CC1. The van der Waals surface area contributed by atoms with Crippen molar-refractivity contribution < 1.29 is 19.4 Å². The molecule has 1 heterocycles. The Hall–Kier alpha value is -3.68. The number of rotatable bonds is 10. The summed E-state index contributed by atoms with van der Waals surface area (Å²) in [5.74, 6) is 0.603. The number of aromatic carboxylic acids is 1. The van der Waals surface area contributed by atoms with Crippen LogP contribution in [0.3, 0.4) is 0 Å². The number of likely N-dealkylation sites (tertiary alicyclic amines) is 1. The van der Waals surface area contributed by atoms with Gasteiger partial charge in [-0.15, -0.1) is 0 Å². The van der Waals surface area contributed by atoms with Crippen LogP contribution in [0.2, 0.25) is 0 Å². The molecule has 0 spiro atoms. The molecule has 1 aliphatic rings. The van der Waals surface area contributed by atoms with Crippen LogP contribution >= 0.6 is 0 Å². The van der Waals surface area contributed by atoms with Crippen molar-refractivity contribution in [3.8, 4) is 11.5 Å². The molecular formula is C29H33N3O4. The first-order chi connectivity index (χ1) is 17.5. The van der Waals surface area contributed by atoms with Crippen LogP contribution in [-0.2, 0) is 11.3 Å². The fourth-order valence-electron chi connectivity index (χ4n) is 4.44. The van der Waals surface area contributed by atoms with E-state index in [0.717, 1.165) is 55.2 Å². The summed E-state index contributed by atoms with van der Waals surface area (Å²) < 4.78 is 5.79. The molecule has 4 rings (SSSR count). The van der Waals surface area contributed by atoms with Gasteiger partial charge in [-0.05, 0) is 87.1 Å². The van der Waals surface area contributed by atoms with Crippen LogP contribution < -0.4 is 10.1 Å². The molecule has 1 saturated heterocycles. The molecule has 2 N–H and O–H groups in total. The molecule has 0 aromatic heterocycles. The van der Waals surface area contributed by atoms with Crippen molar-refractivity contribution in [2.45, 2.75) is 31.8 Å². The van der Waals surface area contributed by atoms with E-state index in [4.69, 9.17) is 9.84 Å². The Morgan fingerprint density at radius 2 is 1.58 bits per heavy atom. The molecule has 36 heavy (non-hydrogen) atoms. The minimum absolute atomic E-state index is 0.000761. The van der Waals surface area contributed by atoms with Crippen LogP contribution in [0.15, 0.2) is 78.9 Å². The number of hydrogen-bond donors (Lipinski definition) is 2. The van der Waals surface area contributed by atoms with Gasteiger partial charge in [0.2, 0.25) is 5.91 Å². The van der Waals surface area contributed by atoms with E-state index in [2.05, 4.69) is 22.2 Å². The number of amides is 1. The number of carbonyl (C=O) groups is 2. The number of hydrogen-bond acceptors (Lipinski definition) is 5. The van der Waals surface area contributed by atoms with E-state index in [1.165, 1.54) is 0 Å². The summed E-state index contributed by atoms with van der Waals surface area (Å²) in [6.07, 6.45) is 2.54. The van der Waals surface area contributed by atoms with Crippen molar-refractivity contribution in [2.24, 2.45) is 0 Å². The zero-order valence-corrected chi connectivity index (χ0v) is 20.6. The average molecular weight is 488 g/mol. The molecule has 3 aromatic carbocycles. The Bertz CT molecular complexity index is 1130. The topological polar surface area (TPSA) is 82.1 Å². The average Bonchev–Trinajstić information content (AvgIpc) is 2.90. The Balaban J connectivity index is 1.15. The van der Waals surface area contributed by atoms with Crippen LogP contribution in [0.4, 0.5) is 5.69 Å². The maximum atomic E-state index is 12.5. The number of nitrogens with one attached hydrogen (secondary N) is 1. The molecule has 7 nitrogen and oxygen atoms in total. The predicted molar refractivity (Wildman–Crippen MR) is 141 cm³/mol.